The van der Waals surface area contributed by atoms with Gasteiger partial charge in [0.25, 0.3) is 0 Å². The highest BCUT2D eigenvalue weighted by Gasteiger charge is 2.13. The Kier molecular flexibility index (Phi) is 6.63. The Balaban J connectivity index is 0.000000461. The lowest BCUT2D eigenvalue weighted by Crippen LogP contribution is -2.29. The van der Waals surface area contributed by atoms with Crippen molar-refractivity contribution in [2.45, 2.75) is 40.0 Å². The van der Waals surface area contributed by atoms with Gasteiger partial charge >= 0.3 is 0 Å². The molecule has 68 valence electrons. The van der Waals surface area contributed by atoms with Crippen molar-refractivity contribution >= 4 is 0 Å². The molecule has 0 amide bonds. The zero-order valence-electron chi connectivity index (χ0n) is 8.56. The van der Waals surface area contributed by atoms with Gasteiger partial charge in [0.15, 0.2) is 0 Å². The maximum absolute atomic E-state index is 2.42. The average molecular weight is 157 g/mol. The van der Waals surface area contributed by atoms with Gasteiger partial charge in [-0.2, -0.15) is 0 Å². The largest absolute Gasteiger partial charge is 0.306 e. The fourth-order valence-electron chi connectivity index (χ4n) is 1.47. The van der Waals surface area contributed by atoms with Crippen LogP contribution in [0.2, 0.25) is 0 Å². The highest BCUT2D eigenvalue weighted by atomic mass is 15.1. The van der Waals surface area contributed by atoms with Gasteiger partial charge in [0.2, 0.25) is 0 Å². The molecule has 1 heterocycles. The van der Waals surface area contributed by atoms with Crippen molar-refractivity contribution in [2.75, 3.05) is 20.1 Å². The van der Waals surface area contributed by atoms with E-state index in [9.17, 15) is 0 Å². The Morgan fingerprint density at radius 3 is 2.00 bits per heavy atom. The maximum atomic E-state index is 2.42. The van der Waals surface area contributed by atoms with E-state index in [1.54, 1.807) is 0 Å². The topological polar surface area (TPSA) is 3.24 Å². The van der Waals surface area contributed by atoms with Crippen molar-refractivity contribution in [1.82, 2.24) is 4.90 Å². The number of hydrogen-bond acceptors (Lipinski definition) is 1. The van der Waals surface area contributed by atoms with Gasteiger partial charge in [-0.15, -0.1) is 0 Å². The van der Waals surface area contributed by atoms with Crippen molar-refractivity contribution in [3.63, 3.8) is 0 Å². The van der Waals surface area contributed by atoms with Crippen LogP contribution in [0.3, 0.4) is 0 Å². The van der Waals surface area contributed by atoms with Crippen LogP contribution in [0.4, 0.5) is 0 Å². The molecule has 0 aromatic rings. The van der Waals surface area contributed by atoms with Crippen LogP contribution in [0.25, 0.3) is 0 Å². The van der Waals surface area contributed by atoms with Crippen LogP contribution in [-0.2, 0) is 0 Å². The number of hydrogen-bond donors (Lipinski definition) is 0. The molecule has 1 saturated heterocycles. The zero-order valence-corrected chi connectivity index (χ0v) is 8.56. The van der Waals surface area contributed by atoms with E-state index in [1.165, 1.54) is 32.4 Å². The lowest BCUT2D eigenvalue weighted by molar-refractivity contribution is 0.216. The first-order chi connectivity index (χ1) is 5.33. The van der Waals surface area contributed by atoms with E-state index in [2.05, 4.69) is 18.9 Å². The van der Waals surface area contributed by atoms with Crippen LogP contribution in [0, 0.1) is 5.92 Å². The summed E-state index contributed by atoms with van der Waals surface area (Å²) in [7, 11) is 2.21. The van der Waals surface area contributed by atoms with Crippen molar-refractivity contribution in [2.24, 2.45) is 5.92 Å². The van der Waals surface area contributed by atoms with Crippen molar-refractivity contribution in [3.8, 4) is 0 Å². The Bertz CT molecular complexity index is 72.9. The van der Waals surface area contributed by atoms with Gasteiger partial charge in [-0.25, -0.2) is 0 Å². The van der Waals surface area contributed by atoms with Gasteiger partial charge in [0.05, 0.1) is 0 Å². The molecule has 0 unspecified atom stereocenters. The van der Waals surface area contributed by atoms with E-state index in [1.807, 2.05) is 13.8 Å². The number of rotatable bonds is 1. The quantitative estimate of drug-likeness (QED) is 0.565. The molecule has 1 heteroatoms. The van der Waals surface area contributed by atoms with Gasteiger partial charge in [0.1, 0.15) is 0 Å². The average Bonchev–Trinajstić information content (AvgIpc) is 2.10. The van der Waals surface area contributed by atoms with Crippen LogP contribution in [-0.4, -0.2) is 25.0 Å². The normalized spacial score (nSPS) is 20.7. The Morgan fingerprint density at radius 2 is 1.64 bits per heavy atom. The summed E-state index contributed by atoms with van der Waals surface area (Å²) in [5.41, 5.74) is 0. The van der Waals surface area contributed by atoms with Crippen molar-refractivity contribution < 1.29 is 0 Å². The predicted octanol–water partition coefficient (Wildman–Crippen LogP) is 2.76. The van der Waals surface area contributed by atoms with E-state index >= 15 is 0 Å². The number of nitrogens with zero attached hydrogens (tertiary/aromatic N) is 1. The fourth-order valence-corrected chi connectivity index (χ4v) is 1.47. The molecule has 0 aromatic carbocycles. The first-order valence-corrected chi connectivity index (χ1v) is 5.01. The van der Waals surface area contributed by atoms with Crippen LogP contribution < -0.4 is 0 Å². The Hall–Kier alpha value is -0.0400. The Labute approximate surface area is 71.8 Å². The van der Waals surface area contributed by atoms with E-state index in [0.717, 1.165) is 5.92 Å². The summed E-state index contributed by atoms with van der Waals surface area (Å²) in [4.78, 5) is 2.42. The molecule has 0 aromatic heterocycles. The second-order valence-electron chi connectivity index (χ2n) is 3.15. The second-order valence-corrected chi connectivity index (χ2v) is 3.15. The third-order valence-electron chi connectivity index (χ3n) is 2.42. The number of piperidine rings is 1. The van der Waals surface area contributed by atoms with E-state index in [-0.39, 0.29) is 0 Å². The number of likely N-dealkylation sites (tertiary alicyclic amines) is 1. The summed E-state index contributed by atoms with van der Waals surface area (Å²) in [6.45, 7) is 8.94. The minimum Gasteiger partial charge on any atom is -0.306 e. The maximum Gasteiger partial charge on any atom is -0.00191 e. The van der Waals surface area contributed by atoms with Crippen LogP contribution in [0.5, 0.6) is 0 Å². The smallest absolute Gasteiger partial charge is 0.00191 e. The standard InChI is InChI=1S/C8H17N.C2H6/c1-3-8-4-6-9(2)7-5-8;1-2/h8H,3-7H2,1-2H3;1-2H3. The minimum atomic E-state index is 1.03. The van der Waals surface area contributed by atoms with Crippen molar-refractivity contribution in [1.29, 1.82) is 0 Å². The first-order valence-electron chi connectivity index (χ1n) is 5.01. The third-order valence-corrected chi connectivity index (χ3v) is 2.42. The minimum absolute atomic E-state index is 1.03. The highest BCUT2D eigenvalue weighted by molar-refractivity contribution is 4.67. The molecule has 1 rings (SSSR count). The van der Waals surface area contributed by atoms with Crippen LogP contribution >= 0.6 is 0 Å². The molecular weight excluding hydrogens is 134 g/mol. The molecule has 1 nitrogen and oxygen atoms in total. The molecule has 0 atom stereocenters. The summed E-state index contributed by atoms with van der Waals surface area (Å²) >= 11 is 0. The molecule has 1 fully saturated rings. The van der Waals surface area contributed by atoms with E-state index in [0.29, 0.717) is 0 Å². The molecule has 0 aliphatic carbocycles. The molecule has 0 N–H and O–H groups in total. The highest BCUT2D eigenvalue weighted by Crippen LogP contribution is 2.18. The van der Waals surface area contributed by atoms with Gasteiger partial charge in [-0.05, 0) is 38.9 Å². The molecule has 1 aliphatic heterocycles. The third kappa shape index (κ3) is 4.41. The van der Waals surface area contributed by atoms with Gasteiger partial charge in [0, 0.05) is 0 Å². The van der Waals surface area contributed by atoms with Gasteiger partial charge < -0.3 is 4.90 Å². The lowest BCUT2D eigenvalue weighted by Gasteiger charge is -2.27. The fraction of sp³-hybridized carbons (Fsp3) is 1.00. The molecule has 1 aliphatic rings. The van der Waals surface area contributed by atoms with Crippen molar-refractivity contribution in [3.05, 3.63) is 0 Å². The summed E-state index contributed by atoms with van der Waals surface area (Å²) in [6.07, 6.45) is 4.23. The second kappa shape index (κ2) is 6.66. The van der Waals surface area contributed by atoms with Gasteiger partial charge in [-0.3, -0.25) is 0 Å². The molecule has 0 spiro atoms. The lowest BCUT2D eigenvalue weighted by atomic mass is 9.95. The first kappa shape index (κ1) is 11.0. The summed E-state index contributed by atoms with van der Waals surface area (Å²) in [6, 6.07) is 0. The molecule has 0 bridgehead atoms. The van der Waals surface area contributed by atoms with Crippen LogP contribution in [0.1, 0.15) is 40.0 Å². The van der Waals surface area contributed by atoms with Gasteiger partial charge in [-0.1, -0.05) is 27.2 Å². The monoisotopic (exact) mass is 157 g/mol. The summed E-state index contributed by atoms with van der Waals surface area (Å²) in [5.74, 6) is 1.03. The molecule has 0 saturated carbocycles. The Morgan fingerprint density at radius 1 is 1.18 bits per heavy atom. The predicted molar refractivity (Wildman–Crippen MR) is 51.9 cm³/mol. The summed E-state index contributed by atoms with van der Waals surface area (Å²) in [5, 5.41) is 0. The molecule has 0 radical (unpaired) electrons. The van der Waals surface area contributed by atoms with Crippen LogP contribution in [0.15, 0.2) is 0 Å². The molecule has 11 heavy (non-hydrogen) atoms. The molecular formula is C10H23N. The zero-order chi connectivity index (χ0) is 8.69. The van der Waals surface area contributed by atoms with E-state index in [4.69, 9.17) is 0 Å². The van der Waals surface area contributed by atoms with E-state index < -0.39 is 0 Å². The summed E-state index contributed by atoms with van der Waals surface area (Å²) < 4.78 is 0. The SMILES string of the molecule is CC.CCC1CCN(C)CC1.